The van der Waals surface area contributed by atoms with Crippen molar-refractivity contribution in [1.29, 1.82) is 0 Å². The van der Waals surface area contributed by atoms with Gasteiger partial charge in [-0.2, -0.15) is 0 Å². The van der Waals surface area contributed by atoms with Crippen molar-refractivity contribution in [2.75, 3.05) is 20.1 Å². The Labute approximate surface area is 62.3 Å². The molecule has 0 amide bonds. The van der Waals surface area contributed by atoms with Gasteiger partial charge in [-0.05, 0) is 26.1 Å². The van der Waals surface area contributed by atoms with E-state index in [1.807, 2.05) is 6.92 Å². The van der Waals surface area contributed by atoms with Crippen LogP contribution in [0.4, 0.5) is 0 Å². The van der Waals surface area contributed by atoms with Crippen LogP contribution in [0.3, 0.4) is 0 Å². The van der Waals surface area contributed by atoms with Crippen LogP contribution < -0.4 is 0 Å². The number of nitrogens with zero attached hydrogens (tertiary/aromatic N) is 1. The molecule has 0 rings (SSSR count). The summed E-state index contributed by atoms with van der Waals surface area (Å²) in [6.07, 6.45) is 0. The normalized spacial score (nSPS) is 12.8. The highest BCUT2D eigenvalue weighted by atomic mass is 35.5. The molecule has 1 nitrogen and oxygen atoms in total. The predicted octanol–water partition coefficient (Wildman–Crippen LogP) is 2.08. The largest absolute Gasteiger partial charge is 0.303 e. The summed E-state index contributed by atoms with van der Waals surface area (Å²) in [5.41, 5.74) is 2.84. The maximum atomic E-state index is 5.46. The lowest BCUT2D eigenvalue weighted by Crippen LogP contribution is -2.19. The molecule has 0 aliphatic carbocycles. The quantitative estimate of drug-likeness (QED) is 0.591. The molecule has 0 saturated heterocycles. The number of likely N-dealkylation sites (N-methyl/N-ethyl adjacent to an activating group) is 1. The first-order chi connectivity index (χ1) is 4.20. The van der Waals surface area contributed by atoms with Crippen LogP contribution >= 0.6 is 11.6 Å². The van der Waals surface area contributed by atoms with Crippen LogP contribution in [0.15, 0.2) is 11.1 Å². The summed E-state index contributed by atoms with van der Waals surface area (Å²) < 4.78 is 0. The van der Waals surface area contributed by atoms with Crippen molar-refractivity contribution in [3.8, 4) is 0 Å². The fourth-order valence-corrected chi connectivity index (χ4v) is 0.641. The topological polar surface area (TPSA) is 3.24 Å². The lowest BCUT2D eigenvalue weighted by Gasteiger charge is -2.12. The Morgan fingerprint density at radius 2 is 2.22 bits per heavy atom. The molecule has 0 N–H and O–H groups in total. The van der Waals surface area contributed by atoms with Crippen LogP contribution in [0.1, 0.15) is 13.8 Å². The standard InChI is InChI=1S/C7H14ClN/c1-4-9(3)6-7(2)5-8/h5H,4,6H2,1-3H3/b7-5+. The number of hydrogen-bond acceptors (Lipinski definition) is 1. The molecule has 0 unspecified atom stereocenters. The SMILES string of the molecule is CCN(C)C/C(C)=C/Cl. The third-order valence-corrected chi connectivity index (χ3v) is 1.62. The van der Waals surface area contributed by atoms with Crippen molar-refractivity contribution in [3.05, 3.63) is 11.1 Å². The van der Waals surface area contributed by atoms with Gasteiger partial charge in [0.1, 0.15) is 0 Å². The Bertz CT molecular complexity index is 99.1. The fourth-order valence-electron chi connectivity index (χ4n) is 0.572. The molecule has 0 fully saturated rings. The van der Waals surface area contributed by atoms with Crippen molar-refractivity contribution in [2.24, 2.45) is 0 Å². The van der Waals surface area contributed by atoms with Crippen LogP contribution in [0.5, 0.6) is 0 Å². The predicted molar refractivity (Wildman–Crippen MR) is 42.8 cm³/mol. The maximum absolute atomic E-state index is 5.46. The van der Waals surface area contributed by atoms with E-state index in [0.717, 1.165) is 13.1 Å². The highest BCUT2D eigenvalue weighted by molar-refractivity contribution is 6.25. The van der Waals surface area contributed by atoms with Crippen molar-refractivity contribution in [2.45, 2.75) is 13.8 Å². The van der Waals surface area contributed by atoms with Crippen LogP contribution in [0.25, 0.3) is 0 Å². The Hall–Kier alpha value is -0.0100. The number of rotatable bonds is 3. The summed E-state index contributed by atoms with van der Waals surface area (Å²) in [4.78, 5) is 2.20. The molecule has 0 atom stereocenters. The van der Waals surface area contributed by atoms with E-state index in [-0.39, 0.29) is 0 Å². The minimum Gasteiger partial charge on any atom is -0.303 e. The van der Waals surface area contributed by atoms with Gasteiger partial charge >= 0.3 is 0 Å². The molecule has 0 spiro atoms. The van der Waals surface area contributed by atoms with Gasteiger partial charge in [0.05, 0.1) is 0 Å². The monoisotopic (exact) mass is 147 g/mol. The van der Waals surface area contributed by atoms with E-state index in [0.29, 0.717) is 0 Å². The Kier molecular flexibility index (Phi) is 4.83. The first-order valence-electron chi connectivity index (χ1n) is 3.15. The maximum Gasteiger partial charge on any atom is 0.0198 e. The van der Waals surface area contributed by atoms with Crippen LogP contribution in [0.2, 0.25) is 0 Å². The van der Waals surface area contributed by atoms with E-state index in [2.05, 4.69) is 18.9 Å². The third kappa shape index (κ3) is 4.49. The average molecular weight is 148 g/mol. The lowest BCUT2D eigenvalue weighted by molar-refractivity contribution is 0.383. The molecular weight excluding hydrogens is 134 g/mol. The second-order valence-corrected chi connectivity index (χ2v) is 2.50. The molecule has 0 radical (unpaired) electrons. The molecule has 2 heteroatoms. The zero-order valence-electron chi connectivity index (χ0n) is 6.32. The van der Waals surface area contributed by atoms with Crippen molar-refractivity contribution in [3.63, 3.8) is 0 Å². The van der Waals surface area contributed by atoms with Crippen molar-refractivity contribution in [1.82, 2.24) is 4.90 Å². The minimum atomic E-state index is 0.972. The molecule has 0 bridgehead atoms. The molecule has 0 aliphatic rings. The molecule has 0 heterocycles. The number of halogens is 1. The average Bonchev–Trinajstić information content (AvgIpc) is 1.87. The Balaban J connectivity index is 3.47. The van der Waals surface area contributed by atoms with E-state index in [1.165, 1.54) is 5.57 Å². The van der Waals surface area contributed by atoms with Crippen molar-refractivity contribution >= 4 is 11.6 Å². The molecule has 0 saturated carbocycles. The van der Waals surface area contributed by atoms with E-state index in [9.17, 15) is 0 Å². The first kappa shape index (κ1) is 8.99. The van der Waals surface area contributed by atoms with Gasteiger partial charge in [0.15, 0.2) is 0 Å². The highest BCUT2D eigenvalue weighted by Crippen LogP contribution is 1.96. The summed E-state index contributed by atoms with van der Waals surface area (Å²) in [7, 11) is 2.07. The second kappa shape index (κ2) is 4.83. The summed E-state index contributed by atoms with van der Waals surface area (Å²) in [5.74, 6) is 0. The van der Waals surface area contributed by atoms with Crippen molar-refractivity contribution < 1.29 is 0 Å². The molecule has 0 aliphatic heterocycles. The van der Waals surface area contributed by atoms with Crippen LogP contribution in [-0.2, 0) is 0 Å². The molecule has 54 valence electrons. The first-order valence-corrected chi connectivity index (χ1v) is 3.58. The van der Waals surface area contributed by atoms with Gasteiger partial charge in [0.25, 0.3) is 0 Å². The highest BCUT2D eigenvalue weighted by Gasteiger charge is 1.93. The van der Waals surface area contributed by atoms with E-state index in [4.69, 9.17) is 11.6 Å². The van der Waals surface area contributed by atoms with Gasteiger partial charge in [-0.25, -0.2) is 0 Å². The summed E-state index contributed by atoms with van der Waals surface area (Å²) in [5, 5.41) is 0. The Morgan fingerprint density at radius 3 is 2.56 bits per heavy atom. The zero-order chi connectivity index (χ0) is 7.28. The summed E-state index contributed by atoms with van der Waals surface area (Å²) in [6.45, 7) is 6.20. The Morgan fingerprint density at radius 1 is 1.67 bits per heavy atom. The second-order valence-electron chi connectivity index (χ2n) is 2.29. The van der Waals surface area contributed by atoms with Gasteiger partial charge in [-0.15, -0.1) is 0 Å². The third-order valence-electron chi connectivity index (χ3n) is 1.25. The van der Waals surface area contributed by atoms with E-state index >= 15 is 0 Å². The molecule has 0 aromatic carbocycles. The van der Waals surface area contributed by atoms with Gasteiger partial charge < -0.3 is 4.90 Å². The summed E-state index contributed by atoms with van der Waals surface area (Å²) in [6, 6.07) is 0. The molecule has 0 aromatic heterocycles. The smallest absolute Gasteiger partial charge is 0.0198 e. The van der Waals surface area contributed by atoms with E-state index < -0.39 is 0 Å². The molecular formula is C7H14ClN. The van der Waals surface area contributed by atoms with Crippen LogP contribution in [0, 0.1) is 0 Å². The molecule has 0 aromatic rings. The molecule has 9 heavy (non-hydrogen) atoms. The van der Waals surface area contributed by atoms with E-state index in [1.54, 1.807) is 5.54 Å². The zero-order valence-corrected chi connectivity index (χ0v) is 7.07. The van der Waals surface area contributed by atoms with Crippen LogP contribution in [-0.4, -0.2) is 25.0 Å². The lowest BCUT2D eigenvalue weighted by atomic mass is 10.3. The fraction of sp³-hybridized carbons (Fsp3) is 0.714. The van der Waals surface area contributed by atoms with Gasteiger partial charge in [-0.3, -0.25) is 0 Å². The van der Waals surface area contributed by atoms with Gasteiger partial charge in [0.2, 0.25) is 0 Å². The van der Waals surface area contributed by atoms with Gasteiger partial charge in [0, 0.05) is 12.1 Å². The summed E-state index contributed by atoms with van der Waals surface area (Å²) >= 11 is 5.46. The number of hydrogen-bond donors (Lipinski definition) is 0. The minimum absolute atomic E-state index is 0.972. The van der Waals surface area contributed by atoms with Gasteiger partial charge in [-0.1, -0.05) is 18.5 Å².